The molecule has 0 aliphatic carbocycles. The number of aliphatic hydroxyl groups excluding tert-OH is 1. The highest BCUT2D eigenvalue weighted by Gasteiger charge is 2.22. The molecule has 0 spiro atoms. The Morgan fingerprint density at radius 3 is 2.52 bits per heavy atom. The van der Waals surface area contributed by atoms with Gasteiger partial charge in [0.2, 0.25) is 0 Å². The Hall–Kier alpha value is -1.58. The molecule has 1 atom stereocenters. The van der Waals surface area contributed by atoms with E-state index in [1.807, 2.05) is 30.3 Å². The molecule has 0 amide bonds. The Balaban J connectivity index is 2.08. The molecule has 114 valence electrons. The van der Waals surface area contributed by atoms with Crippen LogP contribution in [0.1, 0.15) is 44.1 Å². The fourth-order valence-electron chi connectivity index (χ4n) is 2.51. The summed E-state index contributed by atoms with van der Waals surface area (Å²) in [6, 6.07) is 14.3. The molecule has 2 rings (SSSR count). The number of aliphatic hydroxyl groups is 1. The summed E-state index contributed by atoms with van der Waals surface area (Å²) in [5.41, 5.74) is 1.34. The average molecular weight is 287 g/mol. The monoisotopic (exact) mass is 287 g/mol. The Bertz CT molecular complexity index is 505. The van der Waals surface area contributed by atoms with Crippen molar-refractivity contribution in [3.05, 3.63) is 60.1 Å². The van der Waals surface area contributed by atoms with Gasteiger partial charge in [0.15, 0.2) is 0 Å². The highest BCUT2D eigenvalue weighted by molar-refractivity contribution is 5.26. The standard InChI is InChI=1S/C18H25NO2/c1-18(2,11-7-12-20)14-19-17(16-10-6-13-21-16)15-8-4-3-5-9-15/h3-6,8-10,13,17,19-20H,7,11-12,14H2,1-2H3. The van der Waals surface area contributed by atoms with E-state index >= 15 is 0 Å². The van der Waals surface area contributed by atoms with Gasteiger partial charge in [-0.15, -0.1) is 0 Å². The zero-order valence-electron chi connectivity index (χ0n) is 12.9. The van der Waals surface area contributed by atoms with Crippen LogP contribution in [-0.4, -0.2) is 18.3 Å². The molecule has 2 N–H and O–H groups in total. The molecule has 1 unspecified atom stereocenters. The van der Waals surface area contributed by atoms with E-state index in [4.69, 9.17) is 9.52 Å². The number of nitrogens with one attached hydrogen (secondary N) is 1. The highest BCUT2D eigenvalue weighted by Crippen LogP contribution is 2.26. The van der Waals surface area contributed by atoms with Crippen molar-refractivity contribution in [3.8, 4) is 0 Å². The van der Waals surface area contributed by atoms with E-state index in [9.17, 15) is 0 Å². The number of hydrogen-bond acceptors (Lipinski definition) is 3. The zero-order chi connectivity index (χ0) is 15.1. The van der Waals surface area contributed by atoms with Crippen molar-refractivity contribution in [3.63, 3.8) is 0 Å². The number of rotatable bonds is 8. The van der Waals surface area contributed by atoms with Crippen molar-refractivity contribution >= 4 is 0 Å². The summed E-state index contributed by atoms with van der Waals surface area (Å²) in [6.07, 6.45) is 3.55. The molecule has 0 saturated carbocycles. The Morgan fingerprint density at radius 2 is 1.90 bits per heavy atom. The zero-order valence-corrected chi connectivity index (χ0v) is 12.9. The SMILES string of the molecule is CC(C)(CCCO)CNC(c1ccccc1)c1ccco1. The summed E-state index contributed by atoms with van der Waals surface area (Å²) in [5, 5.41) is 12.6. The molecule has 1 aromatic carbocycles. The second kappa shape index (κ2) is 7.43. The lowest BCUT2D eigenvalue weighted by atomic mass is 9.87. The van der Waals surface area contributed by atoms with Gasteiger partial charge in [0.25, 0.3) is 0 Å². The predicted octanol–water partition coefficient (Wildman–Crippen LogP) is 3.76. The average Bonchev–Trinajstić information content (AvgIpc) is 3.01. The van der Waals surface area contributed by atoms with Crippen molar-refractivity contribution in [1.82, 2.24) is 5.32 Å². The van der Waals surface area contributed by atoms with E-state index in [1.54, 1.807) is 6.26 Å². The number of benzene rings is 1. The minimum Gasteiger partial charge on any atom is -0.467 e. The third kappa shape index (κ3) is 4.73. The van der Waals surface area contributed by atoms with Crippen LogP contribution in [0.3, 0.4) is 0 Å². The smallest absolute Gasteiger partial charge is 0.125 e. The van der Waals surface area contributed by atoms with Gasteiger partial charge in [-0.25, -0.2) is 0 Å². The van der Waals surface area contributed by atoms with Crippen molar-refractivity contribution in [2.75, 3.05) is 13.2 Å². The predicted molar refractivity (Wildman–Crippen MR) is 85.1 cm³/mol. The first-order valence-corrected chi connectivity index (χ1v) is 7.55. The molecule has 21 heavy (non-hydrogen) atoms. The Kier molecular flexibility index (Phi) is 5.59. The summed E-state index contributed by atoms with van der Waals surface area (Å²) in [7, 11) is 0. The van der Waals surface area contributed by atoms with Crippen LogP contribution < -0.4 is 5.32 Å². The van der Waals surface area contributed by atoms with Gasteiger partial charge in [-0.05, 0) is 36.0 Å². The lowest BCUT2D eigenvalue weighted by Gasteiger charge is -2.28. The van der Waals surface area contributed by atoms with Crippen LogP contribution in [0.4, 0.5) is 0 Å². The molecular weight excluding hydrogens is 262 g/mol. The van der Waals surface area contributed by atoms with Gasteiger partial charge in [0, 0.05) is 13.2 Å². The largest absolute Gasteiger partial charge is 0.467 e. The Labute approximate surface area is 127 Å². The van der Waals surface area contributed by atoms with Crippen LogP contribution in [0.15, 0.2) is 53.1 Å². The highest BCUT2D eigenvalue weighted by atomic mass is 16.3. The third-order valence-electron chi connectivity index (χ3n) is 3.76. The summed E-state index contributed by atoms with van der Waals surface area (Å²) < 4.78 is 5.59. The van der Waals surface area contributed by atoms with Gasteiger partial charge >= 0.3 is 0 Å². The molecule has 0 fully saturated rings. The minimum atomic E-state index is 0.0644. The second-order valence-corrected chi connectivity index (χ2v) is 6.23. The molecule has 0 bridgehead atoms. The van der Waals surface area contributed by atoms with E-state index in [2.05, 4.69) is 31.3 Å². The van der Waals surface area contributed by atoms with E-state index in [1.165, 1.54) is 5.56 Å². The summed E-state index contributed by atoms with van der Waals surface area (Å²) in [4.78, 5) is 0. The maximum atomic E-state index is 9.00. The van der Waals surface area contributed by atoms with Crippen LogP contribution in [0.2, 0.25) is 0 Å². The topological polar surface area (TPSA) is 45.4 Å². The number of furan rings is 1. The molecule has 2 aromatic rings. The van der Waals surface area contributed by atoms with E-state index in [0.29, 0.717) is 0 Å². The van der Waals surface area contributed by atoms with Crippen molar-refractivity contribution < 1.29 is 9.52 Å². The first-order chi connectivity index (χ1) is 10.1. The quantitative estimate of drug-likeness (QED) is 0.777. The van der Waals surface area contributed by atoms with Gasteiger partial charge in [-0.3, -0.25) is 0 Å². The van der Waals surface area contributed by atoms with Crippen molar-refractivity contribution in [1.29, 1.82) is 0 Å². The first-order valence-electron chi connectivity index (χ1n) is 7.55. The molecule has 1 aromatic heterocycles. The van der Waals surface area contributed by atoms with Crippen LogP contribution in [0.25, 0.3) is 0 Å². The maximum Gasteiger partial charge on any atom is 0.125 e. The molecule has 3 nitrogen and oxygen atoms in total. The molecule has 0 aliphatic rings. The third-order valence-corrected chi connectivity index (χ3v) is 3.76. The Morgan fingerprint density at radius 1 is 1.14 bits per heavy atom. The molecule has 1 heterocycles. The van der Waals surface area contributed by atoms with Gasteiger partial charge in [0.05, 0.1) is 12.3 Å². The van der Waals surface area contributed by atoms with E-state index < -0.39 is 0 Å². The van der Waals surface area contributed by atoms with Crippen LogP contribution in [0.5, 0.6) is 0 Å². The lowest BCUT2D eigenvalue weighted by molar-refractivity contribution is 0.232. The summed E-state index contributed by atoms with van der Waals surface area (Å²) >= 11 is 0. The molecule has 0 aliphatic heterocycles. The van der Waals surface area contributed by atoms with Gasteiger partial charge in [0.1, 0.15) is 5.76 Å². The van der Waals surface area contributed by atoms with Crippen LogP contribution >= 0.6 is 0 Å². The molecule has 0 saturated heterocycles. The van der Waals surface area contributed by atoms with Crippen molar-refractivity contribution in [2.24, 2.45) is 5.41 Å². The minimum absolute atomic E-state index is 0.0644. The van der Waals surface area contributed by atoms with Crippen LogP contribution in [0, 0.1) is 5.41 Å². The fraction of sp³-hybridized carbons (Fsp3) is 0.444. The van der Waals surface area contributed by atoms with Gasteiger partial charge < -0.3 is 14.8 Å². The van der Waals surface area contributed by atoms with E-state index in [-0.39, 0.29) is 18.1 Å². The second-order valence-electron chi connectivity index (χ2n) is 6.23. The first kappa shape index (κ1) is 15.8. The molecule has 0 radical (unpaired) electrons. The van der Waals surface area contributed by atoms with Crippen molar-refractivity contribution in [2.45, 2.75) is 32.7 Å². The molecule has 3 heteroatoms. The number of hydrogen-bond donors (Lipinski definition) is 2. The maximum absolute atomic E-state index is 9.00. The van der Waals surface area contributed by atoms with Crippen LogP contribution in [-0.2, 0) is 0 Å². The molecular formula is C18H25NO2. The fourth-order valence-corrected chi connectivity index (χ4v) is 2.51. The van der Waals surface area contributed by atoms with E-state index in [0.717, 1.165) is 25.1 Å². The normalized spacial score (nSPS) is 13.3. The lowest BCUT2D eigenvalue weighted by Crippen LogP contribution is -2.33. The van der Waals surface area contributed by atoms with Gasteiger partial charge in [-0.1, -0.05) is 44.2 Å². The van der Waals surface area contributed by atoms with Gasteiger partial charge in [-0.2, -0.15) is 0 Å². The summed E-state index contributed by atoms with van der Waals surface area (Å²) in [6.45, 7) is 5.57. The summed E-state index contributed by atoms with van der Waals surface area (Å²) in [5.74, 6) is 0.930.